The zero-order valence-electron chi connectivity index (χ0n) is 15.1. The standard InChI is InChI=1S/C19H17F3N2O3S2/c20-19(21,22)15-7-3-5-14(13-15)6-4-9-23-18(25)17-16(8-12-28-17)29(26,27)24-10-1-2-11-24/h3,5,7-8,12-13H,1-2,9-11H2,(H,23,25). The van der Waals surface area contributed by atoms with Gasteiger partial charge in [0, 0.05) is 18.7 Å². The molecule has 2 heterocycles. The van der Waals surface area contributed by atoms with Crippen molar-refractivity contribution in [2.24, 2.45) is 0 Å². The number of carbonyl (C=O) groups excluding carboxylic acids is 1. The van der Waals surface area contributed by atoms with Crippen LogP contribution in [0, 0.1) is 11.8 Å². The van der Waals surface area contributed by atoms with Gasteiger partial charge in [-0.05, 0) is 42.5 Å². The first kappa shape index (κ1) is 21.4. The largest absolute Gasteiger partial charge is 0.416 e. The quantitative estimate of drug-likeness (QED) is 0.739. The molecular weight excluding hydrogens is 425 g/mol. The lowest BCUT2D eigenvalue weighted by atomic mass is 10.1. The molecule has 0 atom stereocenters. The van der Waals surface area contributed by atoms with Gasteiger partial charge in [-0.15, -0.1) is 11.3 Å². The number of thiophene rings is 1. The summed E-state index contributed by atoms with van der Waals surface area (Å²) in [5.74, 6) is 4.55. The molecule has 1 aromatic carbocycles. The lowest BCUT2D eigenvalue weighted by Crippen LogP contribution is -2.30. The lowest BCUT2D eigenvalue weighted by molar-refractivity contribution is -0.137. The van der Waals surface area contributed by atoms with E-state index in [2.05, 4.69) is 17.2 Å². The summed E-state index contributed by atoms with van der Waals surface area (Å²) in [6, 6.07) is 5.97. The van der Waals surface area contributed by atoms with Crippen molar-refractivity contribution in [2.75, 3.05) is 19.6 Å². The number of nitrogens with one attached hydrogen (secondary N) is 1. The van der Waals surface area contributed by atoms with Gasteiger partial charge in [0.2, 0.25) is 10.0 Å². The maximum Gasteiger partial charge on any atom is 0.416 e. The predicted octanol–water partition coefficient (Wildman–Crippen LogP) is 3.33. The minimum atomic E-state index is -4.46. The highest BCUT2D eigenvalue weighted by atomic mass is 32.2. The summed E-state index contributed by atoms with van der Waals surface area (Å²) in [5, 5.41) is 4.03. The molecule has 29 heavy (non-hydrogen) atoms. The van der Waals surface area contributed by atoms with Crippen molar-refractivity contribution in [3.8, 4) is 11.8 Å². The van der Waals surface area contributed by atoms with E-state index in [1.54, 1.807) is 0 Å². The summed E-state index contributed by atoms with van der Waals surface area (Å²) < 4.78 is 64.8. The van der Waals surface area contributed by atoms with E-state index < -0.39 is 27.7 Å². The van der Waals surface area contributed by atoms with Crippen molar-refractivity contribution < 1.29 is 26.4 Å². The molecule has 0 saturated carbocycles. The summed E-state index contributed by atoms with van der Waals surface area (Å²) in [5.41, 5.74) is -0.633. The molecule has 0 aliphatic carbocycles. The van der Waals surface area contributed by atoms with E-state index in [1.807, 2.05) is 0 Å². The third-order valence-electron chi connectivity index (χ3n) is 4.28. The van der Waals surface area contributed by atoms with Crippen molar-refractivity contribution in [1.82, 2.24) is 9.62 Å². The van der Waals surface area contributed by atoms with Crippen LogP contribution in [0.3, 0.4) is 0 Å². The van der Waals surface area contributed by atoms with Crippen LogP contribution in [-0.4, -0.2) is 38.3 Å². The molecule has 1 aliphatic heterocycles. The molecule has 0 spiro atoms. The summed E-state index contributed by atoms with van der Waals surface area (Å²) in [6.07, 6.45) is -2.88. The Morgan fingerprint density at radius 1 is 1.21 bits per heavy atom. The van der Waals surface area contributed by atoms with E-state index in [4.69, 9.17) is 0 Å². The average molecular weight is 442 g/mol. The zero-order chi connectivity index (χ0) is 21.1. The minimum Gasteiger partial charge on any atom is -0.340 e. The van der Waals surface area contributed by atoms with E-state index in [0.29, 0.717) is 13.1 Å². The van der Waals surface area contributed by atoms with Crippen LogP contribution in [0.4, 0.5) is 13.2 Å². The van der Waals surface area contributed by atoms with Crippen molar-refractivity contribution in [2.45, 2.75) is 23.9 Å². The normalized spacial score (nSPS) is 15.0. The van der Waals surface area contributed by atoms with Gasteiger partial charge in [0.05, 0.1) is 12.1 Å². The molecule has 3 rings (SSSR count). The first-order valence-electron chi connectivity index (χ1n) is 8.71. The molecule has 154 valence electrons. The Labute approximate surface area is 170 Å². The summed E-state index contributed by atoms with van der Waals surface area (Å²) in [6.45, 7) is 0.736. The van der Waals surface area contributed by atoms with Gasteiger partial charge in [-0.3, -0.25) is 4.79 Å². The second kappa shape index (κ2) is 8.57. The van der Waals surface area contributed by atoms with Crippen LogP contribution in [0.25, 0.3) is 0 Å². The highest BCUT2D eigenvalue weighted by Gasteiger charge is 2.32. The smallest absolute Gasteiger partial charge is 0.340 e. The monoisotopic (exact) mass is 442 g/mol. The fourth-order valence-electron chi connectivity index (χ4n) is 2.86. The van der Waals surface area contributed by atoms with Gasteiger partial charge in [-0.1, -0.05) is 17.9 Å². The van der Waals surface area contributed by atoms with Gasteiger partial charge in [-0.25, -0.2) is 8.42 Å². The fraction of sp³-hybridized carbons (Fsp3) is 0.316. The van der Waals surface area contributed by atoms with Gasteiger partial charge >= 0.3 is 6.18 Å². The highest BCUT2D eigenvalue weighted by Crippen LogP contribution is 2.29. The van der Waals surface area contributed by atoms with Crippen LogP contribution in [0.15, 0.2) is 40.6 Å². The van der Waals surface area contributed by atoms with Crippen molar-refractivity contribution in [1.29, 1.82) is 0 Å². The molecule has 0 unspecified atom stereocenters. The maximum absolute atomic E-state index is 12.7. The summed E-state index contributed by atoms with van der Waals surface area (Å²) >= 11 is 1.01. The topological polar surface area (TPSA) is 66.5 Å². The van der Waals surface area contributed by atoms with Crippen LogP contribution in [0.1, 0.15) is 33.6 Å². The van der Waals surface area contributed by atoms with E-state index >= 15 is 0 Å². The van der Waals surface area contributed by atoms with Crippen molar-refractivity contribution in [3.05, 3.63) is 51.7 Å². The zero-order valence-corrected chi connectivity index (χ0v) is 16.8. The van der Waals surface area contributed by atoms with E-state index in [0.717, 1.165) is 36.3 Å². The Bertz CT molecular complexity index is 1060. The van der Waals surface area contributed by atoms with Gasteiger partial charge in [0.25, 0.3) is 5.91 Å². The number of benzene rings is 1. The van der Waals surface area contributed by atoms with Gasteiger partial charge in [-0.2, -0.15) is 17.5 Å². The molecule has 1 aliphatic rings. The van der Waals surface area contributed by atoms with Gasteiger partial charge in [0.15, 0.2) is 0 Å². The van der Waals surface area contributed by atoms with E-state index in [9.17, 15) is 26.4 Å². The molecule has 0 bridgehead atoms. The van der Waals surface area contributed by atoms with Crippen molar-refractivity contribution >= 4 is 27.3 Å². The number of hydrogen-bond donors (Lipinski definition) is 1. The second-order valence-electron chi connectivity index (χ2n) is 6.29. The molecular formula is C19H17F3N2O3S2. The molecule has 2 aromatic rings. The Hall–Kier alpha value is -2.35. The van der Waals surface area contributed by atoms with Crippen LogP contribution in [-0.2, 0) is 16.2 Å². The number of hydrogen-bond acceptors (Lipinski definition) is 4. The molecule has 1 amide bonds. The average Bonchev–Trinajstić information content (AvgIpc) is 3.37. The van der Waals surface area contributed by atoms with E-state index in [-0.39, 0.29) is 21.9 Å². The predicted molar refractivity (Wildman–Crippen MR) is 103 cm³/mol. The number of halogens is 3. The summed E-state index contributed by atoms with van der Waals surface area (Å²) in [7, 11) is -3.72. The van der Waals surface area contributed by atoms with Crippen molar-refractivity contribution in [3.63, 3.8) is 0 Å². The number of carbonyl (C=O) groups is 1. The second-order valence-corrected chi connectivity index (χ2v) is 9.11. The van der Waals surface area contributed by atoms with Crippen LogP contribution < -0.4 is 5.32 Å². The summed E-state index contributed by atoms with van der Waals surface area (Å²) in [4.78, 5) is 12.4. The Morgan fingerprint density at radius 3 is 2.62 bits per heavy atom. The number of alkyl halides is 3. The minimum absolute atomic E-state index is 0.0345. The molecule has 0 radical (unpaired) electrons. The molecule has 1 saturated heterocycles. The van der Waals surface area contributed by atoms with Gasteiger partial charge < -0.3 is 5.32 Å². The maximum atomic E-state index is 12.7. The number of sulfonamides is 1. The Balaban J connectivity index is 1.67. The Kier molecular flexibility index (Phi) is 6.31. The van der Waals surface area contributed by atoms with E-state index in [1.165, 1.54) is 27.9 Å². The fourth-order valence-corrected chi connectivity index (χ4v) is 5.69. The lowest BCUT2D eigenvalue weighted by Gasteiger charge is -2.15. The van der Waals surface area contributed by atoms with Crippen LogP contribution in [0.2, 0.25) is 0 Å². The molecule has 10 heteroatoms. The first-order valence-corrected chi connectivity index (χ1v) is 11.0. The Morgan fingerprint density at radius 2 is 1.93 bits per heavy atom. The van der Waals surface area contributed by atoms with Crippen LogP contribution in [0.5, 0.6) is 0 Å². The van der Waals surface area contributed by atoms with Crippen LogP contribution >= 0.6 is 11.3 Å². The number of amides is 1. The van der Waals surface area contributed by atoms with Gasteiger partial charge in [0.1, 0.15) is 9.77 Å². The molecule has 1 fully saturated rings. The first-order chi connectivity index (χ1) is 13.7. The molecule has 1 aromatic heterocycles. The third-order valence-corrected chi connectivity index (χ3v) is 7.26. The molecule has 5 nitrogen and oxygen atoms in total. The molecule has 1 N–H and O–H groups in total. The number of rotatable bonds is 4. The SMILES string of the molecule is O=C(NCC#Cc1cccc(C(F)(F)F)c1)c1sccc1S(=O)(=O)N1CCCC1. The third kappa shape index (κ3) is 4.98. The highest BCUT2D eigenvalue weighted by molar-refractivity contribution is 7.89. The number of nitrogens with zero attached hydrogens (tertiary/aromatic N) is 1.